The highest BCUT2D eigenvalue weighted by molar-refractivity contribution is 7.17. The molecule has 0 atom stereocenters. The quantitative estimate of drug-likeness (QED) is 0.654. The van der Waals surface area contributed by atoms with E-state index in [1.165, 1.54) is 7.11 Å². The topological polar surface area (TPSA) is 77.5 Å². The van der Waals surface area contributed by atoms with Gasteiger partial charge in [-0.2, -0.15) is 0 Å². The van der Waals surface area contributed by atoms with Crippen LogP contribution in [-0.4, -0.2) is 30.6 Å². The molecule has 2 aromatic carbocycles. The van der Waals surface area contributed by atoms with E-state index in [0.717, 1.165) is 22.5 Å². The second kappa shape index (κ2) is 8.46. The van der Waals surface area contributed by atoms with Crippen LogP contribution >= 0.6 is 11.3 Å². The van der Waals surface area contributed by atoms with Gasteiger partial charge in [-0.15, -0.1) is 0 Å². The summed E-state index contributed by atoms with van der Waals surface area (Å²) >= 11 is 1.07. The molecule has 138 valence electrons. The minimum atomic E-state index is -0.474. The van der Waals surface area contributed by atoms with E-state index >= 15 is 0 Å². The van der Waals surface area contributed by atoms with Gasteiger partial charge in [-0.05, 0) is 18.6 Å². The summed E-state index contributed by atoms with van der Waals surface area (Å²) < 4.78 is 10.4. The van der Waals surface area contributed by atoms with Crippen LogP contribution in [0.4, 0.5) is 5.13 Å². The molecule has 1 N–H and O–H groups in total. The second-order valence-electron chi connectivity index (χ2n) is 5.62. The Morgan fingerprint density at radius 3 is 2.52 bits per heavy atom. The number of para-hydroxylation sites is 1. The molecule has 0 saturated heterocycles. The van der Waals surface area contributed by atoms with Crippen molar-refractivity contribution in [3.63, 3.8) is 0 Å². The standard InChI is InChI=1S/C20H18N2O4S/c1-13-18(19(24)25-2)27-20(21-13)22-17(23)12-26-16-11-7-6-10-15(16)14-8-4-3-5-9-14/h3-11H,12H2,1-2H3,(H,21,22,23). The third-order valence-electron chi connectivity index (χ3n) is 3.74. The zero-order valence-electron chi connectivity index (χ0n) is 14.9. The van der Waals surface area contributed by atoms with Crippen molar-refractivity contribution in [1.82, 2.24) is 4.98 Å². The predicted molar refractivity (Wildman–Crippen MR) is 104 cm³/mol. The Morgan fingerprint density at radius 2 is 1.78 bits per heavy atom. The minimum Gasteiger partial charge on any atom is -0.483 e. The van der Waals surface area contributed by atoms with Crippen LogP contribution in [0.2, 0.25) is 0 Å². The van der Waals surface area contributed by atoms with E-state index in [4.69, 9.17) is 9.47 Å². The van der Waals surface area contributed by atoms with E-state index in [9.17, 15) is 9.59 Å². The molecule has 1 amide bonds. The summed E-state index contributed by atoms with van der Waals surface area (Å²) in [5.74, 6) is -0.217. The van der Waals surface area contributed by atoms with E-state index in [0.29, 0.717) is 21.5 Å². The van der Waals surface area contributed by atoms with Gasteiger partial charge >= 0.3 is 5.97 Å². The maximum absolute atomic E-state index is 12.2. The number of hydrogen-bond donors (Lipinski definition) is 1. The number of nitrogens with one attached hydrogen (secondary N) is 1. The molecule has 0 radical (unpaired) electrons. The number of nitrogens with zero attached hydrogens (tertiary/aromatic N) is 1. The van der Waals surface area contributed by atoms with Crippen LogP contribution in [0, 0.1) is 6.92 Å². The fourth-order valence-corrected chi connectivity index (χ4v) is 3.38. The van der Waals surface area contributed by atoms with Gasteiger partial charge in [-0.1, -0.05) is 59.9 Å². The normalized spacial score (nSPS) is 10.3. The van der Waals surface area contributed by atoms with Crippen LogP contribution in [-0.2, 0) is 9.53 Å². The van der Waals surface area contributed by atoms with E-state index in [1.807, 2.05) is 54.6 Å². The highest BCUT2D eigenvalue weighted by atomic mass is 32.1. The fourth-order valence-electron chi connectivity index (χ4n) is 2.48. The summed E-state index contributed by atoms with van der Waals surface area (Å²) in [6.07, 6.45) is 0. The third kappa shape index (κ3) is 4.51. The first-order valence-electron chi connectivity index (χ1n) is 8.21. The van der Waals surface area contributed by atoms with Gasteiger partial charge in [0.1, 0.15) is 10.6 Å². The van der Waals surface area contributed by atoms with Crippen molar-refractivity contribution in [3.05, 3.63) is 65.2 Å². The zero-order valence-corrected chi connectivity index (χ0v) is 15.7. The van der Waals surface area contributed by atoms with Crippen molar-refractivity contribution in [2.24, 2.45) is 0 Å². The monoisotopic (exact) mass is 382 g/mol. The van der Waals surface area contributed by atoms with Crippen molar-refractivity contribution >= 4 is 28.3 Å². The summed E-state index contributed by atoms with van der Waals surface area (Å²) in [5, 5.41) is 2.98. The number of hydrogen-bond acceptors (Lipinski definition) is 6. The van der Waals surface area contributed by atoms with Crippen LogP contribution in [0.15, 0.2) is 54.6 Å². The highest BCUT2D eigenvalue weighted by Gasteiger charge is 2.17. The van der Waals surface area contributed by atoms with Crippen molar-refractivity contribution in [2.45, 2.75) is 6.92 Å². The summed E-state index contributed by atoms with van der Waals surface area (Å²) in [4.78, 5) is 28.4. The van der Waals surface area contributed by atoms with Crippen molar-refractivity contribution < 1.29 is 19.1 Å². The van der Waals surface area contributed by atoms with Gasteiger partial charge < -0.3 is 9.47 Å². The first-order chi connectivity index (χ1) is 13.1. The Morgan fingerprint density at radius 1 is 1.07 bits per heavy atom. The highest BCUT2D eigenvalue weighted by Crippen LogP contribution is 2.29. The van der Waals surface area contributed by atoms with E-state index < -0.39 is 5.97 Å². The van der Waals surface area contributed by atoms with Gasteiger partial charge in [-0.25, -0.2) is 9.78 Å². The molecule has 0 aliphatic carbocycles. The van der Waals surface area contributed by atoms with Crippen LogP contribution in [0.1, 0.15) is 15.4 Å². The number of amides is 1. The SMILES string of the molecule is COC(=O)c1sc(NC(=O)COc2ccccc2-c2ccccc2)nc1C. The number of methoxy groups -OCH3 is 1. The molecule has 0 spiro atoms. The third-order valence-corrected chi connectivity index (χ3v) is 4.80. The van der Waals surface area contributed by atoms with Crippen LogP contribution in [0.5, 0.6) is 5.75 Å². The number of carbonyl (C=O) groups is 2. The second-order valence-corrected chi connectivity index (χ2v) is 6.62. The maximum Gasteiger partial charge on any atom is 0.350 e. The lowest BCUT2D eigenvalue weighted by atomic mass is 10.1. The molecular weight excluding hydrogens is 364 g/mol. The van der Waals surface area contributed by atoms with E-state index in [2.05, 4.69) is 10.3 Å². The summed E-state index contributed by atoms with van der Waals surface area (Å²) in [7, 11) is 1.30. The predicted octanol–water partition coefficient (Wildman–Crippen LogP) is 3.92. The van der Waals surface area contributed by atoms with Gasteiger partial charge in [0.25, 0.3) is 5.91 Å². The minimum absolute atomic E-state index is 0.171. The van der Waals surface area contributed by atoms with Crippen LogP contribution in [0.3, 0.4) is 0 Å². The fraction of sp³-hybridized carbons (Fsp3) is 0.150. The molecule has 0 aliphatic heterocycles. The molecule has 7 heteroatoms. The number of aryl methyl sites for hydroxylation is 1. The smallest absolute Gasteiger partial charge is 0.350 e. The molecule has 27 heavy (non-hydrogen) atoms. The van der Waals surface area contributed by atoms with Crippen molar-refractivity contribution in [3.8, 4) is 16.9 Å². The van der Waals surface area contributed by atoms with E-state index in [-0.39, 0.29) is 12.5 Å². The lowest BCUT2D eigenvalue weighted by Crippen LogP contribution is -2.20. The molecule has 0 aliphatic rings. The number of esters is 1. The van der Waals surface area contributed by atoms with Gasteiger partial charge in [0.2, 0.25) is 0 Å². The van der Waals surface area contributed by atoms with Gasteiger partial charge in [-0.3, -0.25) is 10.1 Å². The van der Waals surface area contributed by atoms with Gasteiger partial charge in [0.15, 0.2) is 11.7 Å². The summed E-state index contributed by atoms with van der Waals surface area (Å²) in [6, 6.07) is 17.3. The zero-order chi connectivity index (χ0) is 19.2. The first-order valence-corrected chi connectivity index (χ1v) is 9.03. The number of rotatable bonds is 6. The summed E-state index contributed by atoms with van der Waals surface area (Å²) in [6.45, 7) is 1.51. The molecule has 3 aromatic rings. The molecule has 0 fully saturated rings. The average Bonchev–Trinajstić information content (AvgIpc) is 3.06. The van der Waals surface area contributed by atoms with Gasteiger partial charge in [0.05, 0.1) is 12.8 Å². The Kier molecular flexibility index (Phi) is 5.83. The lowest BCUT2D eigenvalue weighted by molar-refractivity contribution is -0.118. The van der Waals surface area contributed by atoms with Gasteiger partial charge in [0, 0.05) is 5.56 Å². The lowest BCUT2D eigenvalue weighted by Gasteiger charge is -2.11. The van der Waals surface area contributed by atoms with Crippen molar-refractivity contribution in [1.29, 1.82) is 0 Å². The Labute approximate surface area is 160 Å². The molecule has 3 rings (SSSR count). The van der Waals surface area contributed by atoms with Crippen molar-refractivity contribution in [2.75, 3.05) is 19.0 Å². The number of carbonyl (C=O) groups excluding carboxylic acids is 2. The number of aromatic nitrogens is 1. The Bertz CT molecular complexity index is 954. The largest absolute Gasteiger partial charge is 0.483 e. The first kappa shape index (κ1) is 18.6. The average molecular weight is 382 g/mol. The number of anilines is 1. The molecule has 0 unspecified atom stereocenters. The molecule has 0 bridgehead atoms. The number of ether oxygens (including phenoxy) is 2. The Hall–Kier alpha value is -3.19. The molecular formula is C20H18N2O4S. The molecule has 6 nitrogen and oxygen atoms in total. The number of benzene rings is 2. The Balaban J connectivity index is 1.66. The summed E-state index contributed by atoms with van der Waals surface area (Å²) in [5.41, 5.74) is 2.42. The maximum atomic E-state index is 12.2. The van der Waals surface area contributed by atoms with E-state index in [1.54, 1.807) is 6.92 Å². The molecule has 1 heterocycles. The van der Waals surface area contributed by atoms with Crippen LogP contribution in [0.25, 0.3) is 11.1 Å². The van der Waals surface area contributed by atoms with Crippen LogP contribution < -0.4 is 10.1 Å². The number of thiazole rings is 1. The molecule has 1 aromatic heterocycles. The molecule has 0 saturated carbocycles.